The SMILES string of the molecule is CC(C)C(=O)OOC(=O)C(C)C.c1csc(C2(N3CCCCC3)CCCCC2)c1. The van der Waals surface area contributed by atoms with Crippen LogP contribution in [0.25, 0.3) is 0 Å². The van der Waals surface area contributed by atoms with Crippen molar-refractivity contribution in [1.82, 2.24) is 4.90 Å². The van der Waals surface area contributed by atoms with E-state index in [2.05, 4.69) is 32.2 Å². The van der Waals surface area contributed by atoms with Gasteiger partial charge in [0, 0.05) is 4.88 Å². The zero-order chi connectivity index (χ0) is 21.3. The molecule has 164 valence electrons. The summed E-state index contributed by atoms with van der Waals surface area (Å²) in [4.78, 5) is 34.5. The van der Waals surface area contributed by atoms with Crippen LogP contribution in [-0.2, 0) is 24.9 Å². The molecule has 2 fully saturated rings. The molecule has 0 spiro atoms. The minimum Gasteiger partial charge on any atom is -0.293 e. The molecule has 6 heteroatoms. The molecule has 0 atom stereocenters. The molecule has 0 radical (unpaired) electrons. The van der Waals surface area contributed by atoms with Crippen LogP contribution in [0, 0.1) is 11.8 Å². The highest BCUT2D eigenvalue weighted by Gasteiger charge is 2.40. The van der Waals surface area contributed by atoms with Crippen molar-refractivity contribution in [2.24, 2.45) is 11.8 Å². The lowest BCUT2D eigenvalue weighted by Crippen LogP contribution is -2.49. The van der Waals surface area contributed by atoms with Gasteiger partial charge < -0.3 is 0 Å². The second-order valence-electron chi connectivity index (χ2n) is 8.73. The summed E-state index contributed by atoms with van der Waals surface area (Å²) < 4.78 is 0. The van der Waals surface area contributed by atoms with Crippen LogP contribution >= 0.6 is 11.3 Å². The van der Waals surface area contributed by atoms with E-state index >= 15 is 0 Å². The number of nitrogens with zero attached hydrogens (tertiary/aromatic N) is 1. The molecule has 0 unspecified atom stereocenters. The summed E-state index contributed by atoms with van der Waals surface area (Å²) >= 11 is 1.98. The van der Waals surface area contributed by atoms with Crippen molar-refractivity contribution in [2.45, 2.75) is 84.6 Å². The average Bonchev–Trinajstić information content (AvgIpc) is 3.28. The molecule has 3 rings (SSSR count). The highest BCUT2D eigenvalue weighted by Crippen LogP contribution is 2.45. The standard InChI is InChI=1S/C15H23NS.C8H14O4/c1-3-9-15(10-4-1,14-8-7-13-17-14)16-11-5-2-6-12-16;1-5(2)7(9)11-12-8(10)6(3)4/h7-8,13H,1-6,9-12H2;5-6H,1-4H3. The fraction of sp³-hybridized carbons (Fsp3) is 0.739. The topological polar surface area (TPSA) is 55.8 Å². The number of piperidine rings is 1. The molecule has 0 aromatic carbocycles. The summed E-state index contributed by atoms with van der Waals surface area (Å²) in [5.74, 6) is -1.65. The molecule has 29 heavy (non-hydrogen) atoms. The van der Waals surface area contributed by atoms with E-state index < -0.39 is 11.9 Å². The van der Waals surface area contributed by atoms with E-state index in [0.29, 0.717) is 5.54 Å². The number of rotatable bonds is 4. The van der Waals surface area contributed by atoms with Crippen molar-refractivity contribution >= 4 is 23.3 Å². The predicted octanol–water partition coefficient (Wildman–Crippen LogP) is 5.69. The Balaban J connectivity index is 0.000000223. The molecule has 1 saturated heterocycles. The minimum absolute atomic E-state index is 0.287. The summed E-state index contributed by atoms with van der Waals surface area (Å²) in [7, 11) is 0. The second kappa shape index (κ2) is 11.7. The first-order chi connectivity index (χ1) is 13.9. The first kappa shape index (κ1) is 23.9. The lowest BCUT2D eigenvalue weighted by atomic mass is 9.78. The number of carbonyl (C=O) groups excluding carboxylic acids is 2. The Morgan fingerprint density at radius 1 is 0.897 bits per heavy atom. The van der Waals surface area contributed by atoms with Crippen molar-refractivity contribution in [2.75, 3.05) is 13.1 Å². The third-order valence-electron chi connectivity index (χ3n) is 5.77. The minimum atomic E-state index is -0.538. The van der Waals surface area contributed by atoms with Crippen molar-refractivity contribution in [1.29, 1.82) is 0 Å². The fourth-order valence-corrected chi connectivity index (χ4v) is 5.01. The zero-order valence-electron chi connectivity index (χ0n) is 18.4. The van der Waals surface area contributed by atoms with E-state index in [4.69, 9.17) is 0 Å². The van der Waals surface area contributed by atoms with Gasteiger partial charge in [0.05, 0.1) is 17.4 Å². The van der Waals surface area contributed by atoms with E-state index in [0.717, 1.165) is 0 Å². The van der Waals surface area contributed by atoms with Gasteiger partial charge in [-0.15, -0.1) is 11.3 Å². The summed E-state index contributed by atoms with van der Waals surface area (Å²) in [5.41, 5.74) is 0.423. The lowest BCUT2D eigenvalue weighted by molar-refractivity contribution is -0.263. The van der Waals surface area contributed by atoms with Crippen LogP contribution in [0.3, 0.4) is 0 Å². The summed E-state index contributed by atoms with van der Waals surface area (Å²) in [6.07, 6.45) is 11.3. The molecule has 0 bridgehead atoms. The molecule has 1 aliphatic heterocycles. The van der Waals surface area contributed by atoms with Crippen LogP contribution in [0.5, 0.6) is 0 Å². The van der Waals surface area contributed by atoms with Gasteiger partial charge in [0.15, 0.2) is 0 Å². The molecule has 5 nitrogen and oxygen atoms in total. The Morgan fingerprint density at radius 3 is 1.86 bits per heavy atom. The predicted molar refractivity (Wildman–Crippen MR) is 116 cm³/mol. The number of carbonyl (C=O) groups is 2. The van der Waals surface area contributed by atoms with Crippen molar-refractivity contribution in [3.8, 4) is 0 Å². The first-order valence-electron chi connectivity index (χ1n) is 11.1. The first-order valence-corrected chi connectivity index (χ1v) is 12.0. The van der Waals surface area contributed by atoms with Crippen molar-refractivity contribution in [3.05, 3.63) is 22.4 Å². The maximum absolute atomic E-state index is 10.8. The van der Waals surface area contributed by atoms with Crippen molar-refractivity contribution < 1.29 is 19.4 Å². The smallest absolute Gasteiger partial charge is 0.293 e. The molecule has 1 aromatic heterocycles. The van der Waals surface area contributed by atoms with Gasteiger partial charge in [-0.1, -0.05) is 59.4 Å². The van der Waals surface area contributed by atoms with E-state index in [-0.39, 0.29) is 11.8 Å². The van der Waals surface area contributed by atoms with Crippen molar-refractivity contribution in [3.63, 3.8) is 0 Å². The van der Waals surface area contributed by atoms with Gasteiger partial charge in [0.2, 0.25) is 0 Å². The Labute approximate surface area is 179 Å². The monoisotopic (exact) mass is 423 g/mol. The number of thiophene rings is 1. The Kier molecular flexibility index (Phi) is 9.63. The van der Waals surface area contributed by atoms with Crippen LogP contribution < -0.4 is 0 Å². The van der Waals surface area contributed by atoms with E-state index in [1.165, 1.54) is 64.5 Å². The summed E-state index contributed by atoms with van der Waals surface area (Å²) in [5, 5.41) is 2.26. The largest absolute Gasteiger partial charge is 0.358 e. The average molecular weight is 424 g/mol. The fourth-order valence-electron chi connectivity index (χ4n) is 4.00. The second-order valence-corrected chi connectivity index (χ2v) is 9.68. The highest BCUT2D eigenvalue weighted by molar-refractivity contribution is 7.10. The third kappa shape index (κ3) is 6.82. The van der Waals surface area contributed by atoms with E-state index in [9.17, 15) is 9.59 Å². The van der Waals surface area contributed by atoms with E-state index in [1.54, 1.807) is 32.6 Å². The molecular formula is C23H37NO4S. The van der Waals surface area contributed by atoms with Crippen LogP contribution in [-0.4, -0.2) is 29.9 Å². The Bertz CT molecular complexity index is 595. The third-order valence-corrected chi connectivity index (χ3v) is 6.83. The van der Waals surface area contributed by atoms with Crippen LogP contribution in [0.2, 0.25) is 0 Å². The van der Waals surface area contributed by atoms with Gasteiger partial charge >= 0.3 is 11.9 Å². The number of hydrogen-bond donors (Lipinski definition) is 0. The molecule has 2 aliphatic rings. The van der Waals surface area contributed by atoms with Gasteiger partial charge in [0.1, 0.15) is 0 Å². The Morgan fingerprint density at radius 2 is 1.41 bits per heavy atom. The maximum Gasteiger partial charge on any atom is 0.358 e. The highest BCUT2D eigenvalue weighted by atomic mass is 32.1. The molecule has 0 amide bonds. The van der Waals surface area contributed by atoms with Gasteiger partial charge in [0.25, 0.3) is 0 Å². The quantitative estimate of drug-likeness (QED) is 0.460. The van der Waals surface area contributed by atoms with Gasteiger partial charge in [-0.2, -0.15) is 0 Å². The maximum atomic E-state index is 10.8. The summed E-state index contributed by atoms with van der Waals surface area (Å²) in [6, 6.07) is 4.62. The zero-order valence-corrected chi connectivity index (χ0v) is 19.3. The molecule has 1 aliphatic carbocycles. The van der Waals surface area contributed by atoms with Crippen LogP contribution in [0.15, 0.2) is 17.5 Å². The molecule has 1 saturated carbocycles. The summed E-state index contributed by atoms with van der Waals surface area (Å²) in [6.45, 7) is 9.30. The molecule has 2 heterocycles. The number of likely N-dealkylation sites (tertiary alicyclic amines) is 1. The van der Waals surface area contributed by atoms with Gasteiger partial charge in [-0.05, 0) is 50.2 Å². The normalized spacial score (nSPS) is 19.4. The van der Waals surface area contributed by atoms with Gasteiger partial charge in [-0.3, -0.25) is 4.90 Å². The van der Waals surface area contributed by atoms with Crippen LogP contribution in [0.4, 0.5) is 0 Å². The Hall–Kier alpha value is -1.40. The van der Waals surface area contributed by atoms with Gasteiger partial charge in [-0.25, -0.2) is 19.4 Å². The number of hydrogen-bond acceptors (Lipinski definition) is 6. The molecule has 0 N–H and O–H groups in total. The van der Waals surface area contributed by atoms with E-state index in [1.807, 2.05) is 11.3 Å². The molecule has 1 aromatic rings. The van der Waals surface area contributed by atoms with Crippen LogP contribution in [0.1, 0.15) is 83.9 Å². The lowest BCUT2D eigenvalue weighted by Gasteiger charge is -2.48. The molecular weight excluding hydrogens is 386 g/mol.